The molecule has 1 aliphatic heterocycles. The summed E-state index contributed by atoms with van der Waals surface area (Å²) in [5.74, 6) is 0.972. The van der Waals surface area contributed by atoms with Crippen LogP contribution in [0.15, 0.2) is 103 Å². The minimum atomic E-state index is -0.418. The number of allylic oxidation sites excluding steroid dienone is 1. The Hall–Kier alpha value is -3.81. The van der Waals surface area contributed by atoms with Crippen molar-refractivity contribution < 1.29 is 8.81 Å². The van der Waals surface area contributed by atoms with Gasteiger partial charge in [0.2, 0.25) is 0 Å². The van der Waals surface area contributed by atoms with Gasteiger partial charge in [0.25, 0.3) is 5.56 Å². The average Bonchev–Trinajstić information content (AvgIpc) is 3.51. The highest BCUT2D eigenvalue weighted by Gasteiger charge is 2.32. The van der Waals surface area contributed by atoms with Gasteiger partial charge in [0.05, 0.1) is 16.3 Å². The highest BCUT2D eigenvalue weighted by atomic mass is 79.9. The molecule has 0 spiro atoms. The van der Waals surface area contributed by atoms with Crippen LogP contribution < -0.4 is 14.9 Å². The third kappa shape index (κ3) is 4.17. The van der Waals surface area contributed by atoms with E-state index in [4.69, 9.17) is 9.41 Å². The van der Waals surface area contributed by atoms with Crippen molar-refractivity contribution in [3.8, 4) is 11.3 Å². The lowest BCUT2D eigenvalue weighted by atomic mass is 9.83. The van der Waals surface area contributed by atoms with E-state index in [9.17, 15) is 9.18 Å². The molecule has 0 N–H and O–H groups in total. The summed E-state index contributed by atoms with van der Waals surface area (Å²) in [6.45, 7) is 2.04. The van der Waals surface area contributed by atoms with Gasteiger partial charge < -0.3 is 4.42 Å². The van der Waals surface area contributed by atoms with Crippen molar-refractivity contribution in [3.05, 3.63) is 142 Å². The first-order valence-corrected chi connectivity index (χ1v) is 14.3. The molecule has 192 valence electrons. The van der Waals surface area contributed by atoms with E-state index in [-0.39, 0.29) is 11.4 Å². The fraction of sp³-hybridized carbons (Fsp3) is 0.125. The van der Waals surface area contributed by atoms with Crippen LogP contribution in [0.1, 0.15) is 40.5 Å². The predicted molar refractivity (Wildman–Crippen MR) is 156 cm³/mol. The number of aromatic nitrogens is 1. The Morgan fingerprint density at radius 3 is 2.74 bits per heavy atom. The number of aryl methyl sites for hydroxylation is 2. The Kier molecular flexibility index (Phi) is 5.86. The second kappa shape index (κ2) is 9.43. The highest BCUT2D eigenvalue weighted by Crippen LogP contribution is 2.41. The molecule has 7 heteroatoms. The predicted octanol–water partition coefficient (Wildman–Crippen LogP) is 6.79. The molecule has 0 unspecified atom stereocenters. The first-order valence-electron chi connectivity index (χ1n) is 12.7. The molecule has 1 aliphatic carbocycles. The van der Waals surface area contributed by atoms with E-state index < -0.39 is 6.04 Å². The van der Waals surface area contributed by atoms with Crippen molar-refractivity contribution >= 4 is 39.0 Å². The molecule has 0 fully saturated rings. The Morgan fingerprint density at radius 1 is 1.03 bits per heavy atom. The molecule has 0 saturated heterocycles. The van der Waals surface area contributed by atoms with Crippen LogP contribution in [-0.2, 0) is 6.42 Å². The first kappa shape index (κ1) is 24.2. The van der Waals surface area contributed by atoms with Crippen LogP contribution >= 0.6 is 27.3 Å². The number of furan rings is 1. The molecule has 5 aromatic rings. The SMILES string of the molecule is Cc1ccc(-c2ccc(C=c3sc4n(c3=O)[C@H](c3cccc(F)c3)C3=C(N=4)c4ccccc4CC3)o2)c(Br)c1. The van der Waals surface area contributed by atoms with Crippen molar-refractivity contribution in [2.45, 2.75) is 25.8 Å². The molecule has 39 heavy (non-hydrogen) atoms. The normalized spacial score (nSPS) is 16.5. The standard InChI is InChI=1S/C32H22BrFN2O2S/c1-18-9-12-24(26(33)15-18)27-14-11-22(38-27)17-28-31(37)36-30(20-6-4-7-21(34)16-20)25-13-10-19-5-2-3-8-23(19)29(25)35-32(36)39-28/h2-9,11-12,14-17,30H,10,13H2,1H3/t30-/m1/s1. The quantitative estimate of drug-likeness (QED) is 0.230. The molecule has 7 rings (SSSR count). The van der Waals surface area contributed by atoms with Gasteiger partial charge in [-0.2, -0.15) is 0 Å². The third-order valence-electron chi connectivity index (χ3n) is 7.33. The van der Waals surface area contributed by atoms with Crippen LogP contribution in [0.5, 0.6) is 0 Å². The number of hydrogen-bond acceptors (Lipinski definition) is 4. The number of hydrogen-bond donors (Lipinski definition) is 0. The van der Waals surface area contributed by atoms with Gasteiger partial charge in [-0.05, 0) is 78.4 Å². The summed E-state index contributed by atoms with van der Waals surface area (Å²) in [7, 11) is 0. The van der Waals surface area contributed by atoms with E-state index in [0.29, 0.717) is 20.9 Å². The van der Waals surface area contributed by atoms with Crippen LogP contribution in [0.25, 0.3) is 23.1 Å². The molecule has 3 aromatic carbocycles. The van der Waals surface area contributed by atoms with E-state index in [1.807, 2.05) is 55.5 Å². The Balaban J connectivity index is 1.40. The molecule has 0 radical (unpaired) electrons. The van der Waals surface area contributed by atoms with Crippen LogP contribution in [0.3, 0.4) is 0 Å². The lowest BCUT2D eigenvalue weighted by Gasteiger charge is -2.30. The van der Waals surface area contributed by atoms with Gasteiger partial charge in [-0.3, -0.25) is 9.36 Å². The summed E-state index contributed by atoms with van der Waals surface area (Å²) in [6.07, 6.45) is 3.38. The molecule has 2 aliphatic rings. The number of thiazole rings is 1. The number of fused-ring (bicyclic) bond motifs is 3. The molecular weight excluding hydrogens is 575 g/mol. The fourth-order valence-corrected chi connectivity index (χ4v) is 7.19. The number of nitrogens with zero attached hydrogens (tertiary/aromatic N) is 2. The molecule has 0 saturated carbocycles. The van der Waals surface area contributed by atoms with Crippen LogP contribution in [0, 0.1) is 12.7 Å². The van der Waals surface area contributed by atoms with Gasteiger partial charge in [0, 0.05) is 21.7 Å². The van der Waals surface area contributed by atoms with Crippen molar-refractivity contribution in [2.75, 3.05) is 0 Å². The minimum Gasteiger partial charge on any atom is -0.457 e. The zero-order chi connectivity index (χ0) is 26.7. The smallest absolute Gasteiger partial charge is 0.271 e. The lowest BCUT2D eigenvalue weighted by molar-refractivity contribution is 0.569. The highest BCUT2D eigenvalue weighted by molar-refractivity contribution is 9.10. The zero-order valence-corrected chi connectivity index (χ0v) is 23.4. The Labute approximate surface area is 236 Å². The molecule has 4 nitrogen and oxygen atoms in total. The maximum absolute atomic E-state index is 14.4. The van der Waals surface area contributed by atoms with Gasteiger partial charge in [0.15, 0.2) is 4.80 Å². The second-order valence-corrected chi connectivity index (χ2v) is 11.7. The van der Waals surface area contributed by atoms with E-state index in [1.165, 1.54) is 29.0 Å². The van der Waals surface area contributed by atoms with E-state index in [0.717, 1.165) is 50.8 Å². The van der Waals surface area contributed by atoms with Gasteiger partial charge in [0.1, 0.15) is 17.3 Å². The van der Waals surface area contributed by atoms with Crippen LogP contribution in [0.4, 0.5) is 4.39 Å². The summed E-state index contributed by atoms with van der Waals surface area (Å²) in [6, 6.07) is 24.2. The molecular formula is C32H22BrFN2O2S. The van der Waals surface area contributed by atoms with Crippen LogP contribution in [-0.4, -0.2) is 4.57 Å². The van der Waals surface area contributed by atoms with Crippen molar-refractivity contribution in [2.24, 2.45) is 4.99 Å². The maximum atomic E-state index is 14.4. The summed E-state index contributed by atoms with van der Waals surface area (Å²) in [4.78, 5) is 19.5. The van der Waals surface area contributed by atoms with Crippen LogP contribution in [0.2, 0.25) is 0 Å². The minimum absolute atomic E-state index is 0.159. The van der Waals surface area contributed by atoms with Crippen molar-refractivity contribution in [3.63, 3.8) is 0 Å². The van der Waals surface area contributed by atoms with E-state index >= 15 is 0 Å². The first-order chi connectivity index (χ1) is 19.0. The summed E-state index contributed by atoms with van der Waals surface area (Å²) >= 11 is 4.95. The van der Waals surface area contributed by atoms with Gasteiger partial charge in [-0.15, -0.1) is 0 Å². The Morgan fingerprint density at radius 2 is 1.90 bits per heavy atom. The monoisotopic (exact) mass is 596 g/mol. The Bertz CT molecular complexity index is 2000. The van der Waals surface area contributed by atoms with Gasteiger partial charge in [-0.1, -0.05) is 69.7 Å². The molecule has 0 amide bonds. The maximum Gasteiger partial charge on any atom is 0.271 e. The van der Waals surface area contributed by atoms with Gasteiger partial charge in [-0.25, -0.2) is 9.38 Å². The van der Waals surface area contributed by atoms with Crippen molar-refractivity contribution in [1.29, 1.82) is 0 Å². The summed E-state index contributed by atoms with van der Waals surface area (Å²) in [5, 5.41) is 0. The zero-order valence-electron chi connectivity index (χ0n) is 20.9. The molecule has 1 atom stereocenters. The lowest BCUT2D eigenvalue weighted by Crippen LogP contribution is -2.38. The largest absolute Gasteiger partial charge is 0.457 e. The van der Waals surface area contributed by atoms with E-state index in [1.54, 1.807) is 16.7 Å². The molecule has 2 aromatic heterocycles. The summed E-state index contributed by atoms with van der Waals surface area (Å²) in [5.41, 5.74) is 6.93. The topological polar surface area (TPSA) is 47.5 Å². The number of benzene rings is 3. The average molecular weight is 598 g/mol. The van der Waals surface area contributed by atoms with E-state index in [2.05, 4.69) is 28.1 Å². The molecule has 0 bridgehead atoms. The number of rotatable bonds is 3. The second-order valence-electron chi connectivity index (χ2n) is 9.85. The third-order valence-corrected chi connectivity index (χ3v) is 8.97. The summed E-state index contributed by atoms with van der Waals surface area (Å²) < 4.78 is 23.7. The van der Waals surface area contributed by atoms with Crippen molar-refractivity contribution in [1.82, 2.24) is 4.57 Å². The van der Waals surface area contributed by atoms with Gasteiger partial charge >= 0.3 is 0 Å². The number of halogens is 2. The molecule has 3 heterocycles. The fourth-order valence-electron chi connectivity index (χ4n) is 5.52.